The van der Waals surface area contributed by atoms with Crippen LogP contribution in [-0.2, 0) is 48.4 Å². The van der Waals surface area contributed by atoms with Crippen LogP contribution in [0.5, 0.6) is 0 Å². The molecule has 18 heteroatoms. The van der Waals surface area contributed by atoms with E-state index in [9.17, 15) is 14.4 Å². The minimum Gasteiger partial charge on any atom is -0.461 e. The van der Waals surface area contributed by atoms with Gasteiger partial charge in [-0.2, -0.15) is 0 Å². The van der Waals surface area contributed by atoms with Crippen molar-refractivity contribution in [3.8, 4) is 34.2 Å². The number of carbonyl (C=O) groups is 3. The van der Waals surface area contributed by atoms with E-state index in [0.717, 1.165) is 126 Å². The van der Waals surface area contributed by atoms with Crippen molar-refractivity contribution in [2.75, 3.05) is 16.0 Å². The van der Waals surface area contributed by atoms with Gasteiger partial charge in [0.15, 0.2) is 15.4 Å². The molecule has 1 aliphatic rings. The number of nitrogens with one attached hydrogen (secondary N) is 3. The molecule has 0 aliphatic heterocycles. The molecule has 1 fully saturated rings. The van der Waals surface area contributed by atoms with Gasteiger partial charge in [-0.05, 0) is 91.6 Å². The zero-order chi connectivity index (χ0) is 48.2. The molecule has 15 nitrogen and oxygen atoms in total. The summed E-state index contributed by atoms with van der Waals surface area (Å²) >= 11 is 4.58. The van der Waals surface area contributed by atoms with Gasteiger partial charge in [-0.15, -0.1) is 34.0 Å². The molecule has 0 spiro atoms. The number of esters is 3. The largest absolute Gasteiger partial charge is 0.461 e. The Morgan fingerprint density at radius 1 is 0.478 bits per heavy atom. The minimum absolute atomic E-state index is 0.0455. The van der Waals surface area contributed by atoms with Crippen molar-refractivity contribution in [3.05, 3.63) is 87.8 Å². The third-order valence-electron chi connectivity index (χ3n) is 11.6. The Kier molecular flexibility index (Phi) is 19.8. The zero-order valence-corrected chi connectivity index (χ0v) is 42.2. The number of thiazole rings is 3. The molecule has 6 heterocycles. The van der Waals surface area contributed by atoms with Crippen molar-refractivity contribution >= 4 is 67.3 Å². The summed E-state index contributed by atoms with van der Waals surface area (Å²) in [5.41, 5.74) is 6.97. The lowest BCUT2D eigenvalue weighted by Crippen LogP contribution is -2.43. The standard InChI is InChI=1S/C51H63N9O6S3/c1-4-7-10-13-46(61)64-28-34-16-19-52-40(22-34)43-31-67-49(58-43)55-37-25-38(56-50-59-44(32-68-50)41-23-35(17-20-53-41)29-65-47(62)14-11-8-5-2)27-39(26-37)57-51-60-45(33-69-51)42-24-36(18-21-54-42)30-66-48(63)15-12-9-6-3/h16-24,31-33,37-39H,4-15,25-30H2,1-3H3,(H,55,58)(H,56,59)(H,57,60)/t37-,38+,39-. The van der Waals surface area contributed by atoms with Crippen LogP contribution in [0.1, 0.15) is 134 Å². The van der Waals surface area contributed by atoms with Gasteiger partial charge in [-0.25, -0.2) is 15.0 Å². The molecule has 69 heavy (non-hydrogen) atoms. The Balaban J connectivity index is 1.02. The molecule has 0 amide bonds. The van der Waals surface area contributed by atoms with Crippen molar-refractivity contribution in [1.29, 1.82) is 0 Å². The lowest BCUT2D eigenvalue weighted by Gasteiger charge is -2.36. The summed E-state index contributed by atoms with van der Waals surface area (Å²) in [6, 6.07) is 11.5. The highest BCUT2D eigenvalue weighted by Crippen LogP contribution is 2.33. The normalized spacial score (nSPS) is 15.6. The molecular formula is C51H63N9O6S3. The second kappa shape index (κ2) is 26.8. The van der Waals surface area contributed by atoms with Crippen LogP contribution in [0.2, 0.25) is 0 Å². The lowest BCUT2D eigenvalue weighted by molar-refractivity contribution is -0.146. The number of aromatic nitrogens is 6. The monoisotopic (exact) mass is 993 g/mol. The molecule has 0 aromatic carbocycles. The van der Waals surface area contributed by atoms with Crippen LogP contribution >= 0.6 is 34.0 Å². The second-order valence-electron chi connectivity index (χ2n) is 17.3. The summed E-state index contributed by atoms with van der Waals surface area (Å²) in [7, 11) is 0. The number of rotatable bonds is 27. The Hall–Kier alpha value is -5.85. The third-order valence-corrected chi connectivity index (χ3v) is 13.9. The fourth-order valence-corrected chi connectivity index (χ4v) is 10.3. The third kappa shape index (κ3) is 16.4. The average molecular weight is 994 g/mol. The number of ether oxygens (including phenoxy) is 3. The van der Waals surface area contributed by atoms with Gasteiger partial charge in [-0.1, -0.05) is 59.3 Å². The minimum atomic E-state index is -0.187. The first-order valence-corrected chi connectivity index (χ1v) is 26.9. The van der Waals surface area contributed by atoms with Gasteiger partial charge < -0.3 is 30.2 Å². The molecular weight excluding hydrogens is 931 g/mol. The molecule has 7 rings (SSSR count). The lowest BCUT2D eigenvalue weighted by atomic mass is 9.87. The fraction of sp³-hybridized carbons (Fsp3) is 0.471. The zero-order valence-electron chi connectivity index (χ0n) is 39.7. The van der Waals surface area contributed by atoms with Crippen molar-refractivity contribution < 1.29 is 28.6 Å². The summed E-state index contributed by atoms with van der Waals surface area (Å²) in [5, 5.41) is 19.5. The first kappa shape index (κ1) is 51.0. The van der Waals surface area contributed by atoms with Crippen molar-refractivity contribution in [1.82, 2.24) is 29.9 Å². The smallest absolute Gasteiger partial charge is 0.306 e. The van der Waals surface area contributed by atoms with Gasteiger partial charge in [0.1, 0.15) is 36.9 Å². The Labute approximate surface area is 416 Å². The number of nitrogens with zero attached hydrogens (tertiary/aromatic N) is 6. The van der Waals surface area contributed by atoms with Crippen LogP contribution in [0.4, 0.5) is 15.4 Å². The molecule has 0 atom stereocenters. The van der Waals surface area contributed by atoms with Crippen LogP contribution in [0, 0.1) is 0 Å². The Bertz CT molecular complexity index is 2280. The predicted molar refractivity (Wildman–Crippen MR) is 274 cm³/mol. The summed E-state index contributed by atoms with van der Waals surface area (Å²) in [4.78, 5) is 65.4. The van der Waals surface area contributed by atoms with E-state index in [0.29, 0.717) is 36.3 Å². The molecule has 3 N–H and O–H groups in total. The number of carbonyl (C=O) groups excluding carboxylic acids is 3. The summed E-state index contributed by atoms with van der Waals surface area (Å²) in [6.45, 7) is 6.92. The fourth-order valence-electron chi connectivity index (χ4n) is 7.95. The molecule has 0 unspecified atom stereocenters. The van der Waals surface area contributed by atoms with E-state index < -0.39 is 0 Å². The van der Waals surface area contributed by atoms with E-state index in [1.54, 1.807) is 18.6 Å². The number of anilines is 3. The van der Waals surface area contributed by atoms with Crippen LogP contribution in [0.3, 0.4) is 0 Å². The van der Waals surface area contributed by atoms with Gasteiger partial charge >= 0.3 is 17.9 Å². The summed E-state index contributed by atoms with van der Waals surface area (Å²) < 4.78 is 16.6. The molecule has 0 bridgehead atoms. The maximum atomic E-state index is 12.3. The van der Waals surface area contributed by atoms with Crippen LogP contribution in [0.25, 0.3) is 34.2 Å². The first-order valence-electron chi connectivity index (χ1n) is 24.2. The van der Waals surface area contributed by atoms with Crippen molar-refractivity contribution in [2.45, 2.75) is 155 Å². The van der Waals surface area contributed by atoms with Gasteiger partial charge in [0, 0.05) is 72.1 Å². The van der Waals surface area contributed by atoms with Crippen molar-refractivity contribution in [3.63, 3.8) is 0 Å². The topological polar surface area (TPSA) is 192 Å². The van der Waals surface area contributed by atoms with Crippen LogP contribution in [-0.4, -0.2) is 65.9 Å². The summed E-state index contributed by atoms with van der Waals surface area (Å²) in [6.07, 6.45) is 17.6. The molecule has 0 radical (unpaired) electrons. The van der Waals surface area contributed by atoms with E-state index in [1.165, 1.54) is 34.0 Å². The molecule has 6 aromatic rings. The van der Waals surface area contributed by atoms with Crippen molar-refractivity contribution in [2.24, 2.45) is 0 Å². The Morgan fingerprint density at radius 3 is 1.07 bits per heavy atom. The SMILES string of the molecule is CCCCCC(=O)OCc1ccnc(-c2csc(N[C@H]3C[C@@H](Nc4nc(-c5cc(COC(=O)CCCCC)ccn5)cs4)C[C@@H](Nc4nc(-c5cc(COC(=O)CCCCC)ccn5)cs4)C3)n2)c1. The van der Waals surface area contributed by atoms with Crippen LogP contribution in [0.15, 0.2) is 71.1 Å². The maximum Gasteiger partial charge on any atom is 0.306 e. The van der Waals surface area contributed by atoms with Gasteiger partial charge in [-0.3, -0.25) is 29.3 Å². The van der Waals surface area contributed by atoms with Gasteiger partial charge in [0.2, 0.25) is 0 Å². The molecule has 6 aromatic heterocycles. The highest BCUT2D eigenvalue weighted by atomic mass is 32.1. The first-order chi connectivity index (χ1) is 33.7. The number of pyridine rings is 3. The second-order valence-corrected chi connectivity index (χ2v) is 19.9. The quantitative estimate of drug-likeness (QED) is 0.0251. The molecule has 0 saturated heterocycles. The van der Waals surface area contributed by atoms with Gasteiger partial charge in [0.05, 0.1) is 17.1 Å². The maximum absolute atomic E-state index is 12.3. The van der Waals surface area contributed by atoms with E-state index in [4.69, 9.17) is 29.2 Å². The predicted octanol–water partition coefficient (Wildman–Crippen LogP) is 12.0. The molecule has 1 saturated carbocycles. The van der Waals surface area contributed by atoms with Crippen LogP contribution < -0.4 is 16.0 Å². The highest BCUT2D eigenvalue weighted by molar-refractivity contribution is 7.14. The molecule has 366 valence electrons. The van der Waals surface area contributed by atoms with Gasteiger partial charge in [0.25, 0.3) is 0 Å². The highest BCUT2D eigenvalue weighted by Gasteiger charge is 2.31. The summed E-state index contributed by atoms with van der Waals surface area (Å²) in [5.74, 6) is -0.562. The number of hydrogen-bond acceptors (Lipinski definition) is 18. The van der Waals surface area contributed by atoms with E-state index in [-0.39, 0.29) is 55.9 Å². The van der Waals surface area contributed by atoms with E-state index in [1.807, 2.05) is 52.5 Å². The Morgan fingerprint density at radius 2 is 0.783 bits per heavy atom. The number of hydrogen-bond donors (Lipinski definition) is 3. The van der Waals surface area contributed by atoms with E-state index >= 15 is 0 Å². The van der Waals surface area contributed by atoms with E-state index in [2.05, 4.69) is 51.7 Å². The number of unbranched alkanes of at least 4 members (excludes halogenated alkanes) is 6. The molecule has 1 aliphatic carbocycles. The average Bonchev–Trinajstić information content (AvgIpc) is 4.15.